The van der Waals surface area contributed by atoms with E-state index in [9.17, 15) is 9.59 Å². The van der Waals surface area contributed by atoms with Crippen LogP contribution in [0.3, 0.4) is 0 Å². The van der Waals surface area contributed by atoms with Crippen molar-refractivity contribution in [2.75, 3.05) is 0 Å². The fraction of sp³-hybridized carbons (Fsp3) is 0.467. The van der Waals surface area contributed by atoms with Gasteiger partial charge in [-0.1, -0.05) is 50.6 Å². The minimum atomic E-state index is -0.631. The lowest BCUT2D eigenvalue weighted by atomic mass is 9.99. The molecule has 4 heteroatoms. The van der Waals surface area contributed by atoms with E-state index in [-0.39, 0.29) is 11.8 Å². The highest BCUT2D eigenvalue weighted by molar-refractivity contribution is 5.84. The molecular formula is C15H22N2O2. The van der Waals surface area contributed by atoms with Crippen molar-refractivity contribution in [3.05, 3.63) is 35.9 Å². The van der Waals surface area contributed by atoms with Crippen LogP contribution in [0.25, 0.3) is 0 Å². The molecule has 0 heterocycles. The van der Waals surface area contributed by atoms with Crippen LogP contribution in [0.4, 0.5) is 0 Å². The predicted molar refractivity (Wildman–Crippen MR) is 75.6 cm³/mol. The molecule has 3 atom stereocenters. The van der Waals surface area contributed by atoms with Crippen LogP contribution in [0.5, 0.6) is 0 Å². The van der Waals surface area contributed by atoms with Gasteiger partial charge in [-0.15, -0.1) is 0 Å². The van der Waals surface area contributed by atoms with Crippen molar-refractivity contribution in [3.63, 3.8) is 0 Å². The Hall–Kier alpha value is -1.68. The van der Waals surface area contributed by atoms with Crippen molar-refractivity contribution in [1.29, 1.82) is 0 Å². The Bertz CT molecular complexity index is 406. The molecule has 0 radical (unpaired) electrons. The lowest BCUT2D eigenvalue weighted by molar-refractivity contribution is -0.125. The van der Waals surface area contributed by atoms with Gasteiger partial charge in [-0.05, 0) is 17.9 Å². The van der Waals surface area contributed by atoms with Gasteiger partial charge in [0.2, 0.25) is 5.91 Å². The molecule has 0 aliphatic carbocycles. The molecule has 1 amide bonds. The van der Waals surface area contributed by atoms with Crippen molar-refractivity contribution in [2.24, 2.45) is 11.7 Å². The van der Waals surface area contributed by atoms with Crippen LogP contribution >= 0.6 is 0 Å². The van der Waals surface area contributed by atoms with Crippen LogP contribution in [0.1, 0.15) is 25.8 Å². The van der Waals surface area contributed by atoms with E-state index in [4.69, 9.17) is 5.73 Å². The van der Waals surface area contributed by atoms with Crippen molar-refractivity contribution >= 4 is 12.2 Å². The predicted octanol–water partition coefficient (Wildman–Crippen LogP) is 1.29. The largest absolute Gasteiger partial charge is 0.345 e. The molecule has 1 aromatic rings. The van der Waals surface area contributed by atoms with E-state index < -0.39 is 12.1 Å². The number of nitrogens with one attached hydrogen (secondary N) is 1. The average molecular weight is 262 g/mol. The summed E-state index contributed by atoms with van der Waals surface area (Å²) in [5.74, 6) is -0.161. The zero-order valence-corrected chi connectivity index (χ0v) is 11.5. The first-order chi connectivity index (χ1) is 9.08. The third-order valence-corrected chi connectivity index (χ3v) is 3.35. The Kier molecular flexibility index (Phi) is 6.22. The third-order valence-electron chi connectivity index (χ3n) is 3.35. The number of hydrogen-bond donors (Lipinski definition) is 2. The van der Waals surface area contributed by atoms with Crippen LogP contribution in [0, 0.1) is 5.92 Å². The number of benzene rings is 1. The summed E-state index contributed by atoms with van der Waals surface area (Å²) >= 11 is 0. The van der Waals surface area contributed by atoms with Gasteiger partial charge < -0.3 is 15.8 Å². The molecule has 0 spiro atoms. The van der Waals surface area contributed by atoms with Gasteiger partial charge in [0.05, 0.1) is 12.1 Å². The molecule has 4 nitrogen and oxygen atoms in total. The van der Waals surface area contributed by atoms with E-state index in [0.717, 1.165) is 18.3 Å². The molecule has 0 aliphatic rings. The smallest absolute Gasteiger partial charge is 0.237 e. The van der Waals surface area contributed by atoms with Crippen molar-refractivity contribution < 1.29 is 9.59 Å². The zero-order chi connectivity index (χ0) is 14.3. The van der Waals surface area contributed by atoms with Gasteiger partial charge in [0.1, 0.15) is 6.29 Å². The lowest BCUT2D eigenvalue weighted by Crippen LogP contribution is -2.49. The minimum Gasteiger partial charge on any atom is -0.345 e. The summed E-state index contributed by atoms with van der Waals surface area (Å²) in [4.78, 5) is 22.9. The first-order valence-corrected chi connectivity index (χ1v) is 6.63. The van der Waals surface area contributed by atoms with Crippen LogP contribution in [0.2, 0.25) is 0 Å². The molecule has 0 aromatic heterocycles. The standard InChI is InChI=1S/C15H22N2O2/c1-3-11(2)14(10-18)17-15(19)13(16)9-12-7-5-4-6-8-12/h4-8,10-11,13-14H,3,9,16H2,1-2H3,(H,17,19). The molecule has 3 N–H and O–H groups in total. The van der Waals surface area contributed by atoms with Crippen LogP contribution in [-0.4, -0.2) is 24.3 Å². The molecule has 0 fully saturated rings. The highest BCUT2D eigenvalue weighted by Crippen LogP contribution is 2.07. The Morgan fingerprint density at radius 2 is 2.00 bits per heavy atom. The van der Waals surface area contributed by atoms with Gasteiger partial charge in [0, 0.05) is 0 Å². The molecule has 1 aromatic carbocycles. The first-order valence-electron chi connectivity index (χ1n) is 6.63. The van der Waals surface area contributed by atoms with Crippen LogP contribution in [0.15, 0.2) is 30.3 Å². The lowest BCUT2D eigenvalue weighted by Gasteiger charge is -2.21. The molecule has 19 heavy (non-hydrogen) atoms. The number of nitrogens with two attached hydrogens (primary N) is 1. The SMILES string of the molecule is CCC(C)C(C=O)NC(=O)C(N)Cc1ccccc1. The maximum atomic E-state index is 11.9. The quantitative estimate of drug-likeness (QED) is 0.727. The van der Waals surface area contributed by atoms with Gasteiger partial charge >= 0.3 is 0 Å². The molecule has 1 rings (SSSR count). The van der Waals surface area contributed by atoms with Crippen molar-refractivity contribution in [3.8, 4) is 0 Å². The fourth-order valence-corrected chi connectivity index (χ4v) is 1.80. The summed E-state index contributed by atoms with van der Waals surface area (Å²) < 4.78 is 0. The van der Waals surface area contributed by atoms with E-state index >= 15 is 0 Å². The second kappa shape index (κ2) is 7.69. The molecule has 0 saturated heterocycles. The highest BCUT2D eigenvalue weighted by Gasteiger charge is 2.21. The monoisotopic (exact) mass is 262 g/mol. The number of aldehydes is 1. The topological polar surface area (TPSA) is 72.2 Å². The Labute approximate surface area is 114 Å². The molecule has 0 bridgehead atoms. The Balaban J connectivity index is 2.55. The Morgan fingerprint density at radius 3 is 2.53 bits per heavy atom. The highest BCUT2D eigenvalue weighted by atomic mass is 16.2. The van der Waals surface area contributed by atoms with Gasteiger partial charge in [0.25, 0.3) is 0 Å². The maximum Gasteiger partial charge on any atom is 0.237 e. The molecule has 3 unspecified atom stereocenters. The van der Waals surface area contributed by atoms with Crippen LogP contribution in [-0.2, 0) is 16.0 Å². The number of hydrogen-bond acceptors (Lipinski definition) is 3. The van der Waals surface area contributed by atoms with Crippen molar-refractivity contribution in [1.82, 2.24) is 5.32 Å². The van der Waals surface area contributed by atoms with Crippen LogP contribution < -0.4 is 11.1 Å². The van der Waals surface area contributed by atoms with Gasteiger partial charge in [0.15, 0.2) is 0 Å². The number of carbonyl (C=O) groups excluding carboxylic acids is 2. The summed E-state index contributed by atoms with van der Waals surface area (Å²) in [6.07, 6.45) is 2.08. The zero-order valence-electron chi connectivity index (χ0n) is 11.5. The minimum absolute atomic E-state index is 0.116. The second-order valence-corrected chi connectivity index (χ2v) is 4.85. The second-order valence-electron chi connectivity index (χ2n) is 4.85. The average Bonchev–Trinajstić information content (AvgIpc) is 2.44. The summed E-state index contributed by atoms with van der Waals surface area (Å²) in [7, 11) is 0. The van der Waals surface area contributed by atoms with E-state index in [1.165, 1.54) is 0 Å². The number of amides is 1. The Morgan fingerprint density at radius 1 is 1.37 bits per heavy atom. The first kappa shape index (κ1) is 15.4. The summed E-state index contributed by atoms with van der Waals surface area (Å²) in [6, 6.07) is 8.51. The molecule has 104 valence electrons. The molecular weight excluding hydrogens is 240 g/mol. The van der Waals surface area contributed by atoms with Gasteiger partial charge in [-0.25, -0.2) is 0 Å². The molecule has 0 aliphatic heterocycles. The maximum absolute atomic E-state index is 11.9. The van der Waals surface area contributed by atoms with E-state index in [1.807, 2.05) is 44.2 Å². The fourth-order valence-electron chi connectivity index (χ4n) is 1.80. The number of carbonyl (C=O) groups is 2. The summed E-state index contributed by atoms with van der Waals surface area (Å²) in [5, 5.41) is 2.71. The third kappa shape index (κ3) is 4.83. The van der Waals surface area contributed by atoms with E-state index in [2.05, 4.69) is 5.32 Å². The normalized spacial score (nSPS) is 15.3. The van der Waals surface area contributed by atoms with Gasteiger partial charge in [-0.2, -0.15) is 0 Å². The summed E-state index contributed by atoms with van der Waals surface area (Å²) in [6.45, 7) is 3.92. The van der Waals surface area contributed by atoms with E-state index in [1.54, 1.807) is 0 Å². The molecule has 0 saturated carbocycles. The van der Waals surface area contributed by atoms with Crippen molar-refractivity contribution in [2.45, 2.75) is 38.8 Å². The summed E-state index contributed by atoms with van der Waals surface area (Å²) in [5.41, 5.74) is 6.88. The number of rotatable bonds is 7. The van der Waals surface area contributed by atoms with E-state index in [0.29, 0.717) is 6.42 Å². The van der Waals surface area contributed by atoms with Gasteiger partial charge in [-0.3, -0.25) is 4.79 Å².